The van der Waals surface area contributed by atoms with Gasteiger partial charge in [0.2, 0.25) is 5.91 Å². The second kappa shape index (κ2) is 6.87. The Morgan fingerprint density at radius 2 is 1.96 bits per heavy atom. The third kappa shape index (κ3) is 3.10. The Hall–Kier alpha value is -1.36. The third-order valence-corrected chi connectivity index (χ3v) is 6.24. The van der Waals surface area contributed by atoms with E-state index in [-0.39, 0.29) is 6.04 Å². The topological polar surface area (TPSA) is 49.6 Å². The Labute approximate surface area is 144 Å². The van der Waals surface area contributed by atoms with Crippen LogP contribution in [0.5, 0.6) is 0 Å². The van der Waals surface area contributed by atoms with Gasteiger partial charge in [0, 0.05) is 18.7 Å². The summed E-state index contributed by atoms with van der Waals surface area (Å²) in [6.45, 7) is 4.43. The number of hydrogen-bond acceptors (Lipinski definition) is 4. The molecule has 0 N–H and O–H groups in total. The van der Waals surface area contributed by atoms with E-state index in [0.29, 0.717) is 18.5 Å². The number of carbonyl (C=O) groups excluding carboxylic acids is 1. The number of rotatable bonds is 3. The van der Waals surface area contributed by atoms with Gasteiger partial charge in [0.1, 0.15) is 0 Å². The van der Waals surface area contributed by atoms with Gasteiger partial charge in [0.05, 0.1) is 18.3 Å². The number of aryl methyl sites for hydroxylation is 1. The number of amides is 1. The minimum absolute atomic E-state index is 0.224. The van der Waals surface area contributed by atoms with Crippen molar-refractivity contribution in [2.24, 2.45) is 5.92 Å². The highest BCUT2D eigenvalue weighted by atomic mass is 16.5. The maximum Gasteiger partial charge on any atom is 0.237 e. The maximum absolute atomic E-state index is 13.0. The van der Waals surface area contributed by atoms with Crippen LogP contribution in [0.25, 0.3) is 0 Å². The summed E-state index contributed by atoms with van der Waals surface area (Å²) in [6, 6.07) is 2.75. The number of likely N-dealkylation sites (tertiary alicyclic amines) is 2. The van der Waals surface area contributed by atoms with Gasteiger partial charge in [-0.15, -0.1) is 0 Å². The molecule has 5 heteroatoms. The molecule has 1 aromatic rings. The number of aromatic nitrogens is 1. The van der Waals surface area contributed by atoms with Crippen LogP contribution in [-0.2, 0) is 4.79 Å². The SMILES string of the molecule is Cc1cc([C@@H]2CCCN2CC(=O)N2CCC[C@@H]3CCCC[C@@H]32)on1. The fraction of sp³-hybridized carbons (Fsp3) is 0.789. The molecule has 0 unspecified atom stereocenters. The zero-order valence-electron chi connectivity index (χ0n) is 14.7. The van der Waals surface area contributed by atoms with Crippen molar-refractivity contribution in [3.8, 4) is 0 Å². The highest BCUT2D eigenvalue weighted by Crippen LogP contribution is 2.36. The van der Waals surface area contributed by atoms with Crippen molar-refractivity contribution in [2.45, 2.75) is 70.4 Å². The van der Waals surface area contributed by atoms with Crippen LogP contribution in [0.4, 0.5) is 0 Å². The highest BCUT2D eigenvalue weighted by molar-refractivity contribution is 5.79. The highest BCUT2D eigenvalue weighted by Gasteiger charge is 2.37. The number of piperidine rings is 1. The molecule has 24 heavy (non-hydrogen) atoms. The molecule has 3 atom stereocenters. The maximum atomic E-state index is 13.0. The first-order valence-corrected chi connectivity index (χ1v) is 9.69. The lowest BCUT2D eigenvalue weighted by atomic mass is 9.78. The van der Waals surface area contributed by atoms with Crippen molar-refractivity contribution in [1.29, 1.82) is 0 Å². The average molecular weight is 331 g/mol. The number of carbonyl (C=O) groups is 1. The Morgan fingerprint density at radius 1 is 1.17 bits per heavy atom. The number of hydrogen-bond donors (Lipinski definition) is 0. The van der Waals surface area contributed by atoms with Gasteiger partial charge in [0.25, 0.3) is 0 Å². The molecule has 1 amide bonds. The van der Waals surface area contributed by atoms with Crippen molar-refractivity contribution in [2.75, 3.05) is 19.6 Å². The zero-order valence-corrected chi connectivity index (χ0v) is 14.7. The van der Waals surface area contributed by atoms with Crippen LogP contribution in [0.2, 0.25) is 0 Å². The van der Waals surface area contributed by atoms with E-state index in [4.69, 9.17) is 4.52 Å². The molecule has 1 saturated carbocycles. The predicted octanol–water partition coefficient (Wildman–Crippen LogP) is 3.30. The monoisotopic (exact) mass is 331 g/mol. The van der Waals surface area contributed by atoms with Gasteiger partial charge >= 0.3 is 0 Å². The van der Waals surface area contributed by atoms with Crippen molar-refractivity contribution < 1.29 is 9.32 Å². The summed E-state index contributed by atoms with van der Waals surface area (Å²) in [7, 11) is 0. The summed E-state index contributed by atoms with van der Waals surface area (Å²) in [5, 5.41) is 4.02. The summed E-state index contributed by atoms with van der Waals surface area (Å²) < 4.78 is 5.47. The minimum Gasteiger partial charge on any atom is -0.359 e. The summed E-state index contributed by atoms with van der Waals surface area (Å²) in [5.74, 6) is 2.00. The van der Waals surface area contributed by atoms with Crippen LogP contribution in [-0.4, -0.2) is 46.5 Å². The molecule has 5 nitrogen and oxygen atoms in total. The molecule has 3 aliphatic rings. The molecule has 3 fully saturated rings. The smallest absolute Gasteiger partial charge is 0.237 e. The lowest BCUT2D eigenvalue weighted by Crippen LogP contribution is -2.52. The Morgan fingerprint density at radius 3 is 2.79 bits per heavy atom. The van der Waals surface area contributed by atoms with Gasteiger partial charge in [-0.05, 0) is 57.9 Å². The molecular formula is C19H29N3O2. The summed E-state index contributed by atoms with van der Waals surface area (Å²) >= 11 is 0. The molecule has 1 aromatic heterocycles. The van der Waals surface area contributed by atoms with Crippen LogP contribution in [0, 0.1) is 12.8 Å². The van der Waals surface area contributed by atoms with Crippen LogP contribution in [0.3, 0.4) is 0 Å². The largest absolute Gasteiger partial charge is 0.359 e. The van der Waals surface area contributed by atoms with Gasteiger partial charge in [-0.2, -0.15) is 0 Å². The van der Waals surface area contributed by atoms with Crippen LogP contribution >= 0.6 is 0 Å². The van der Waals surface area contributed by atoms with E-state index < -0.39 is 0 Å². The van der Waals surface area contributed by atoms with Crippen molar-refractivity contribution in [3.63, 3.8) is 0 Å². The molecule has 2 saturated heterocycles. The first-order valence-electron chi connectivity index (χ1n) is 9.69. The normalized spacial score (nSPS) is 31.2. The minimum atomic E-state index is 0.224. The average Bonchev–Trinajstić information content (AvgIpc) is 3.23. The van der Waals surface area contributed by atoms with Gasteiger partial charge in [-0.3, -0.25) is 9.69 Å². The standard InChI is InChI=1S/C19H29N3O2/c1-14-12-18(24-20-14)17-9-5-10-21(17)13-19(23)22-11-4-7-15-6-2-3-8-16(15)22/h12,15-17H,2-11,13H2,1H3/t15-,16-,17-/m0/s1. The van der Waals surface area contributed by atoms with Gasteiger partial charge in [-0.25, -0.2) is 0 Å². The molecule has 3 heterocycles. The number of nitrogens with zero attached hydrogens (tertiary/aromatic N) is 3. The molecule has 0 spiro atoms. The van der Waals surface area contributed by atoms with Crippen LogP contribution in [0.15, 0.2) is 10.6 Å². The Bertz CT molecular complexity index is 583. The fourth-order valence-electron chi connectivity index (χ4n) is 5.08. The fourth-order valence-corrected chi connectivity index (χ4v) is 5.08. The van der Waals surface area contributed by atoms with Gasteiger partial charge < -0.3 is 9.42 Å². The lowest BCUT2D eigenvalue weighted by Gasteiger charge is -2.44. The van der Waals surface area contributed by atoms with E-state index >= 15 is 0 Å². The van der Waals surface area contributed by atoms with E-state index in [9.17, 15) is 4.79 Å². The van der Waals surface area contributed by atoms with Crippen LogP contribution < -0.4 is 0 Å². The summed E-state index contributed by atoms with van der Waals surface area (Å²) in [4.78, 5) is 17.5. The lowest BCUT2D eigenvalue weighted by molar-refractivity contribution is -0.139. The van der Waals surface area contributed by atoms with Gasteiger partial charge in [-0.1, -0.05) is 18.0 Å². The molecule has 2 aliphatic heterocycles. The molecule has 4 rings (SSSR count). The van der Waals surface area contributed by atoms with Gasteiger partial charge in [0.15, 0.2) is 5.76 Å². The third-order valence-electron chi connectivity index (χ3n) is 6.24. The van der Waals surface area contributed by atoms with Crippen LogP contribution in [0.1, 0.15) is 68.9 Å². The Balaban J connectivity index is 1.43. The molecule has 1 aliphatic carbocycles. The molecule has 0 bridgehead atoms. The second-order valence-corrected chi connectivity index (χ2v) is 7.84. The molecule has 132 valence electrons. The molecular weight excluding hydrogens is 302 g/mol. The quantitative estimate of drug-likeness (QED) is 0.853. The van der Waals surface area contributed by atoms with E-state index in [2.05, 4.69) is 15.0 Å². The van der Waals surface area contributed by atoms with E-state index in [1.54, 1.807) is 0 Å². The van der Waals surface area contributed by atoms with E-state index in [0.717, 1.165) is 43.3 Å². The summed E-state index contributed by atoms with van der Waals surface area (Å²) in [5.41, 5.74) is 0.921. The molecule has 0 radical (unpaired) electrons. The summed E-state index contributed by atoms with van der Waals surface area (Å²) in [6.07, 6.45) is 9.85. The zero-order chi connectivity index (χ0) is 16.5. The Kier molecular flexibility index (Phi) is 4.61. The first-order chi connectivity index (χ1) is 11.7. The van der Waals surface area contributed by atoms with Crippen molar-refractivity contribution >= 4 is 5.91 Å². The first kappa shape index (κ1) is 16.1. The van der Waals surface area contributed by atoms with Crippen molar-refractivity contribution in [1.82, 2.24) is 15.0 Å². The second-order valence-electron chi connectivity index (χ2n) is 7.84. The van der Waals surface area contributed by atoms with Crippen molar-refractivity contribution in [3.05, 3.63) is 17.5 Å². The van der Waals surface area contributed by atoms with E-state index in [1.807, 2.05) is 13.0 Å². The predicted molar refractivity (Wildman–Crippen MR) is 91.5 cm³/mol. The number of fused-ring (bicyclic) bond motifs is 1. The molecule has 0 aromatic carbocycles. The van der Waals surface area contributed by atoms with E-state index in [1.165, 1.54) is 38.5 Å².